The predicted octanol–water partition coefficient (Wildman–Crippen LogP) is 0.602. The van der Waals surface area contributed by atoms with Crippen LogP contribution in [-0.2, 0) is 21.2 Å². The number of benzene rings is 1. The van der Waals surface area contributed by atoms with Crippen molar-refractivity contribution in [2.24, 2.45) is 0 Å². The van der Waals surface area contributed by atoms with E-state index in [4.69, 9.17) is 0 Å². The fourth-order valence-electron chi connectivity index (χ4n) is 2.85. The third-order valence-corrected chi connectivity index (χ3v) is 5.45. The van der Waals surface area contributed by atoms with Crippen molar-refractivity contribution in [3.8, 4) is 0 Å². The van der Waals surface area contributed by atoms with E-state index in [0.29, 0.717) is 17.7 Å². The maximum Gasteiger partial charge on any atom is 0.240 e. The van der Waals surface area contributed by atoms with E-state index >= 15 is 0 Å². The minimum atomic E-state index is -3.55. The molecule has 1 saturated heterocycles. The molecule has 1 atom stereocenters. The van der Waals surface area contributed by atoms with E-state index in [1.807, 2.05) is 6.07 Å². The largest absolute Gasteiger partial charge is 0.385 e. The molecule has 1 aromatic rings. The van der Waals surface area contributed by atoms with Gasteiger partial charge in [0.2, 0.25) is 15.9 Å². The summed E-state index contributed by atoms with van der Waals surface area (Å²) in [6.07, 6.45) is 2.84. The van der Waals surface area contributed by atoms with Gasteiger partial charge >= 0.3 is 0 Å². The van der Waals surface area contributed by atoms with Crippen LogP contribution in [0.5, 0.6) is 0 Å². The summed E-state index contributed by atoms with van der Waals surface area (Å²) in [5, 5.41) is 5.99. The summed E-state index contributed by atoms with van der Waals surface area (Å²) in [5.41, 5.74) is 1.75. The second-order valence-electron chi connectivity index (χ2n) is 5.47. The van der Waals surface area contributed by atoms with Crippen LogP contribution in [0.4, 0.5) is 5.69 Å². The van der Waals surface area contributed by atoms with Crippen LogP contribution in [0.1, 0.15) is 24.8 Å². The van der Waals surface area contributed by atoms with Crippen molar-refractivity contribution in [3.05, 3.63) is 23.8 Å². The van der Waals surface area contributed by atoms with Gasteiger partial charge in [-0.2, -0.15) is 0 Å². The zero-order valence-electron chi connectivity index (χ0n) is 11.7. The Kier molecular flexibility index (Phi) is 3.86. The number of hydrogen-bond donors (Lipinski definition) is 3. The molecule has 2 heterocycles. The zero-order valence-corrected chi connectivity index (χ0v) is 12.5. The van der Waals surface area contributed by atoms with Gasteiger partial charge in [0.05, 0.1) is 4.90 Å². The molecule has 1 amide bonds. The first kappa shape index (κ1) is 14.3. The Bertz CT molecular complexity index is 657. The molecule has 0 spiro atoms. The summed E-state index contributed by atoms with van der Waals surface area (Å²) >= 11 is 0. The van der Waals surface area contributed by atoms with E-state index in [1.165, 1.54) is 0 Å². The van der Waals surface area contributed by atoms with Crippen LogP contribution in [0.15, 0.2) is 23.1 Å². The average Bonchev–Trinajstić information content (AvgIpc) is 2.90. The molecule has 7 heteroatoms. The third-order valence-electron chi connectivity index (χ3n) is 3.95. The molecule has 0 radical (unpaired) electrons. The van der Waals surface area contributed by atoms with Gasteiger partial charge in [0.15, 0.2) is 0 Å². The normalized spacial score (nSPS) is 21.5. The lowest BCUT2D eigenvalue weighted by Gasteiger charge is -2.21. The fourth-order valence-corrected chi connectivity index (χ4v) is 4.22. The summed E-state index contributed by atoms with van der Waals surface area (Å²) in [4.78, 5) is 11.5. The highest BCUT2D eigenvalue weighted by Crippen LogP contribution is 2.28. The van der Waals surface area contributed by atoms with Crippen molar-refractivity contribution in [2.45, 2.75) is 36.6 Å². The lowest BCUT2D eigenvalue weighted by atomic mass is 10.0. The summed E-state index contributed by atoms with van der Waals surface area (Å²) in [6.45, 7) is 1.11. The second kappa shape index (κ2) is 5.65. The molecule has 1 aromatic carbocycles. The van der Waals surface area contributed by atoms with Gasteiger partial charge in [-0.25, -0.2) is 13.1 Å². The smallest absolute Gasteiger partial charge is 0.240 e. The Labute approximate surface area is 124 Å². The maximum atomic E-state index is 12.5. The SMILES string of the molecule is O=C1CCC(CNS(=O)(=O)c2cccc3c2CCCN3)N1. The maximum absolute atomic E-state index is 12.5. The Morgan fingerprint density at radius 3 is 2.90 bits per heavy atom. The molecular weight excluding hydrogens is 290 g/mol. The number of carbonyl (C=O) groups excluding carboxylic acids is 1. The average molecular weight is 309 g/mol. The number of rotatable bonds is 4. The highest BCUT2D eigenvalue weighted by molar-refractivity contribution is 7.89. The molecule has 2 aliphatic rings. The summed E-state index contributed by atoms with van der Waals surface area (Å²) in [5.74, 6) is -0.0134. The number of anilines is 1. The molecule has 0 aromatic heterocycles. The molecule has 1 fully saturated rings. The minimum absolute atomic E-state index is 0.0134. The molecule has 2 aliphatic heterocycles. The van der Waals surface area contributed by atoms with E-state index in [-0.39, 0.29) is 18.5 Å². The van der Waals surface area contributed by atoms with Crippen molar-refractivity contribution in [2.75, 3.05) is 18.4 Å². The monoisotopic (exact) mass is 309 g/mol. The molecule has 114 valence electrons. The van der Waals surface area contributed by atoms with E-state index in [1.54, 1.807) is 12.1 Å². The molecule has 0 aliphatic carbocycles. The van der Waals surface area contributed by atoms with Gasteiger partial charge in [0, 0.05) is 31.2 Å². The van der Waals surface area contributed by atoms with Gasteiger partial charge < -0.3 is 10.6 Å². The number of sulfonamides is 1. The fraction of sp³-hybridized carbons (Fsp3) is 0.500. The standard InChI is InChI=1S/C14H19N3O3S/c18-14-7-6-10(17-14)9-16-21(19,20)13-5-1-4-12-11(13)3-2-8-15-12/h1,4-5,10,15-16H,2-3,6-9H2,(H,17,18). The van der Waals surface area contributed by atoms with Crippen LogP contribution in [0, 0.1) is 0 Å². The van der Waals surface area contributed by atoms with Gasteiger partial charge in [-0.15, -0.1) is 0 Å². The zero-order chi connectivity index (χ0) is 14.9. The van der Waals surface area contributed by atoms with Crippen molar-refractivity contribution in [1.29, 1.82) is 0 Å². The molecule has 3 rings (SSSR count). The molecule has 6 nitrogen and oxygen atoms in total. The van der Waals surface area contributed by atoms with Gasteiger partial charge in [-0.3, -0.25) is 4.79 Å². The highest BCUT2D eigenvalue weighted by atomic mass is 32.2. The van der Waals surface area contributed by atoms with Crippen LogP contribution in [-0.4, -0.2) is 33.5 Å². The Balaban J connectivity index is 1.77. The Hall–Kier alpha value is -1.60. The van der Waals surface area contributed by atoms with Gasteiger partial charge in [-0.1, -0.05) is 6.07 Å². The topological polar surface area (TPSA) is 87.3 Å². The molecular formula is C14H19N3O3S. The number of hydrogen-bond acceptors (Lipinski definition) is 4. The van der Waals surface area contributed by atoms with Crippen LogP contribution in [0.2, 0.25) is 0 Å². The molecule has 21 heavy (non-hydrogen) atoms. The molecule has 1 unspecified atom stereocenters. The predicted molar refractivity (Wildman–Crippen MR) is 79.6 cm³/mol. The highest BCUT2D eigenvalue weighted by Gasteiger charge is 2.25. The summed E-state index contributed by atoms with van der Waals surface area (Å²) in [6, 6.07) is 5.19. The summed E-state index contributed by atoms with van der Waals surface area (Å²) in [7, 11) is -3.55. The van der Waals surface area contributed by atoms with Crippen LogP contribution < -0.4 is 15.4 Å². The lowest BCUT2D eigenvalue weighted by Crippen LogP contribution is -2.38. The number of carbonyl (C=O) groups is 1. The van der Waals surface area contributed by atoms with Crippen LogP contribution in [0.3, 0.4) is 0 Å². The molecule has 3 N–H and O–H groups in total. The Morgan fingerprint density at radius 1 is 1.29 bits per heavy atom. The lowest BCUT2D eigenvalue weighted by molar-refractivity contribution is -0.119. The number of nitrogens with one attached hydrogen (secondary N) is 3. The first-order valence-corrected chi connectivity index (χ1v) is 8.69. The number of amides is 1. The van der Waals surface area contributed by atoms with E-state index < -0.39 is 10.0 Å². The molecule has 0 bridgehead atoms. The van der Waals surface area contributed by atoms with Crippen molar-refractivity contribution in [3.63, 3.8) is 0 Å². The second-order valence-corrected chi connectivity index (χ2v) is 7.20. The van der Waals surface area contributed by atoms with Gasteiger partial charge in [0.25, 0.3) is 0 Å². The van der Waals surface area contributed by atoms with Crippen LogP contribution >= 0.6 is 0 Å². The van der Waals surface area contributed by atoms with Crippen molar-refractivity contribution >= 4 is 21.6 Å². The van der Waals surface area contributed by atoms with Gasteiger partial charge in [-0.05, 0) is 37.0 Å². The first-order chi connectivity index (χ1) is 10.1. The van der Waals surface area contributed by atoms with Crippen LogP contribution in [0.25, 0.3) is 0 Å². The van der Waals surface area contributed by atoms with Gasteiger partial charge in [0.1, 0.15) is 0 Å². The van der Waals surface area contributed by atoms with Crippen molar-refractivity contribution < 1.29 is 13.2 Å². The first-order valence-electron chi connectivity index (χ1n) is 7.21. The number of fused-ring (bicyclic) bond motifs is 1. The quantitative estimate of drug-likeness (QED) is 0.760. The third kappa shape index (κ3) is 3.03. The molecule has 0 saturated carbocycles. The van der Waals surface area contributed by atoms with E-state index in [2.05, 4.69) is 15.4 Å². The van der Waals surface area contributed by atoms with E-state index in [9.17, 15) is 13.2 Å². The van der Waals surface area contributed by atoms with E-state index in [0.717, 1.165) is 30.6 Å². The van der Waals surface area contributed by atoms with Crippen molar-refractivity contribution in [1.82, 2.24) is 10.0 Å². The Morgan fingerprint density at radius 2 is 2.14 bits per heavy atom. The minimum Gasteiger partial charge on any atom is -0.385 e. The summed E-state index contributed by atoms with van der Waals surface area (Å²) < 4.78 is 27.6.